The lowest BCUT2D eigenvalue weighted by molar-refractivity contribution is 0.222. The molecule has 36 heavy (non-hydrogen) atoms. The molecular weight excluding hydrogens is 473 g/mol. The zero-order valence-corrected chi connectivity index (χ0v) is 20.8. The third kappa shape index (κ3) is 6.16. The molecule has 4 aromatic rings. The van der Waals surface area contributed by atoms with Gasteiger partial charge in [-0.2, -0.15) is 0 Å². The Hall–Kier alpha value is -3.56. The Balaban J connectivity index is 1.13. The van der Waals surface area contributed by atoms with Crippen LogP contribution in [0.4, 0.5) is 16.0 Å². The Labute approximate surface area is 215 Å². The van der Waals surface area contributed by atoms with E-state index in [2.05, 4.69) is 36.5 Å². The van der Waals surface area contributed by atoms with Crippen molar-refractivity contribution in [3.63, 3.8) is 0 Å². The van der Waals surface area contributed by atoms with E-state index in [4.69, 9.17) is 17.2 Å². The summed E-state index contributed by atoms with van der Waals surface area (Å²) >= 11 is 5.38. The van der Waals surface area contributed by atoms with Crippen molar-refractivity contribution in [1.82, 2.24) is 24.8 Å². The molecule has 1 fully saturated rings. The Kier molecular flexibility index (Phi) is 7.68. The zero-order valence-electron chi connectivity index (χ0n) is 20.0. The number of anilines is 2. The summed E-state index contributed by atoms with van der Waals surface area (Å²) in [5.41, 5.74) is 3.96. The van der Waals surface area contributed by atoms with Crippen LogP contribution in [0.25, 0.3) is 11.0 Å². The third-order valence-corrected chi connectivity index (χ3v) is 6.71. The number of piperidine rings is 1. The SMILES string of the molecule is Fc1ccc(Cn2c(NC3CCN(CCNC(=S)Nc4cccnc4)CC3)nc3ccccc32)cc1. The van der Waals surface area contributed by atoms with Crippen molar-refractivity contribution < 1.29 is 4.39 Å². The molecule has 1 saturated heterocycles. The molecule has 3 N–H and O–H groups in total. The molecule has 186 valence electrons. The Morgan fingerprint density at radius 2 is 1.83 bits per heavy atom. The average molecular weight is 504 g/mol. The number of para-hydroxylation sites is 2. The fourth-order valence-corrected chi connectivity index (χ4v) is 4.76. The van der Waals surface area contributed by atoms with E-state index >= 15 is 0 Å². The van der Waals surface area contributed by atoms with Crippen LogP contribution in [-0.4, -0.2) is 56.8 Å². The normalized spacial score (nSPS) is 14.6. The minimum absolute atomic E-state index is 0.221. The van der Waals surface area contributed by atoms with Crippen LogP contribution in [-0.2, 0) is 6.54 Å². The number of pyridine rings is 1. The molecule has 9 heteroatoms. The second-order valence-corrected chi connectivity index (χ2v) is 9.43. The van der Waals surface area contributed by atoms with Gasteiger partial charge in [-0.1, -0.05) is 24.3 Å². The van der Waals surface area contributed by atoms with Crippen LogP contribution >= 0.6 is 12.2 Å². The summed E-state index contributed by atoms with van der Waals surface area (Å²) in [6.45, 7) is 4.39. The molecule has 7 nitrogen and oxygen atoms in total. The van der Waals surface area contributed by atoms with E-state index in [1.807, 2.05) is 42.5 Å². The molecule has 0 amide bonds. The van der Waals surface area contributed by atoms with Gasteiger partial charge in [0.05, 0.1) is 29.5 Å². The van der Waals surface area contributed by atoms with E-state index in [1.165, 1.54) is 12.1 Å². The Bertz CT molecular complexity index is 1280. The first-order chi connectivity index (χ1) is 17.6. The lowest BCUT2D eigenvalue weighted by Crippen LogP contribution is -2.43. The van der Waals surface area contributed by atoms with Crippen molar-refractivity contribution in [1.29, 1.82) is 0 Å². The summed E-state index contributed by atoms with van der Waals surface area (Å²) in [7, 11) is 0. The molecule has 5 rings (SSSR count). The van der Waals surface area contributed by atoms with Crippen LogP contribution in [0.2, 0.25) is 0 Å². The lowest BCUT2D eigenvalue weighted by atomic mass is 10.1. The van der Waals surface area contributed by atoms with Crippen molar-refractivity contribution >= 4 is 40.0 Å². The minimum atomic E-state index is -0.221. The van der Waals surface area contributed by atoms with Gasteiger partial charge in [-0.05, 0) is 67.0 Å². The molecule has 1 aliphatic rings. The monoisotopic (exact) mass is 503 g/mol. The highest BCUT2D eigenvalue weighted by Gasteiger charge is 2.21. The molecule has 3 heterocycles. The van der Waals surface area contributed by atoms with E-state index in [-0.39, 0.29) is 5.82 Å². The molecule has 0 saturated carbocycles. The average Bonchev–Trinajstić information content (AvgIpc) is 3.23. The Morgan fingerprint density at radius 3 is 2.61 bits per heavy atom. The standard InChI is InChI=1S/C27H30FN7S/c28-21-9-7-20(8-10-21)19-35-25-6-2-1-5-24(25)33-26(35)31-22-11-15-34(16-12-22)17-14-30-27(36)32-23-4-3-13-29-18-23/h1-10,13,18,22H,11-12,14-17,19H2,(H,31,33)(H2,30,32,36). The summed E-state index contributed by atoms with van der Waals surface area (Å²) in [6, 6.07) is 19.0. The van der Waals surface area contributed by atoms with Gasteiger partial charge in [0.1, 0.15) is 5.82 Å². The zero-order chi connectivity index (χ0) is 24.7. The summed E-state index contributed by atoms with van der Waals surface area (Å²) in [6.07, 6.45) is 5.57. The smallest absolute Gasteiger partial charge is 0.204 e. The third-order valence-electron chi connectivity index (χ3n) is 6.46. The number of fused-ring (bicyclic) bond motifs is 1. The maximum atomic E-state index is 13.4. The fourth-order valence-electron chi connectivity index (χ4n) is 4.54. The molecule has 1 aliphatic heterocycles. The van der Waals surface area contributed by atoms with Gasteiger partial charge in [-0.15, -0.1) is 0 Å². The number of imidazole rings is 1. The van der Waals surface area contributed by atoms with Crippen LogP contribution in [0.15, 0.2) is 73.1 Å². The molecule has 0 spiro atoms. The number of nitrogens with zero attached hydrogens (tertiary/aromatic N) is 4. The summed E-state index contributed by atoms with van der Waals surface area (Å²) < 4.78 is 15.6. The topological polar surface area (TPSA) is 70.0 Å². The van der Waals surface area contributed by atoms with E-state index in [9.17, 15) is 4.39 Å². The number of aromatic nitrogens is 3. The summed E-state index contributed by atoms with van der Waals surface area (Å²) in [5, 5.41) is 10.7. The van der Waals surface area contributed by atoms with Gasteiger partial charge >= 0.3 is 0 Å². The number of hydrogen-bond donors (Lipinski definition) is 3. The molecule has 0 bridgehead atoms. The second kappa shape index (κ2) is 11.5. The van der Waals surface area contributed by atoms with Gasteiger partial charge in [-0.25, -0.2) is 9.37 Å². The first-order valence-corrected chi connectivity index (χ1v) is 12.7. The van der Waals surface area contributed by atoms with E-state index in [1.54, 1.807) is 12.4 Å². The highest BCUT2D eigenvalue weighted by atomic mass is 32.1. The number of hydrogen-bond acceptors (Lipinski definition) is 5. The molecule has 0 aliphatic carbocycles. The van der Waals surface area contributed by atoms with Gasteiger partial charge in [0.15, 0.2) is 5.11 Å². The quantitative estimate of drug-likeness (QED) is 0.306. The van der Waals surface area contributed by atoms with Crippen LogP contribution in [0, 0.1) is 5.82 Å². The van der Waals surface area contributed by atoms with E-state index in [0.29, 0.717) is 17.7 Å². The molecule has 0 radical (unpaired) electrons. The maximum absolute atomic E-state index is 13.4. The first-order valence-electron chi connectivity index (χ1n) is 12.3. The van der Waals surface area contributed by atoms with Crippen LogP contribution in [0.5, 0.6) is 0 Å². The summed E-state index contributed by atoms with van der Waals surface area (Å²) in [5.74, 6) is 0.647. The minimum Gasteiger partial charge on any atom is -0.361 e. The van der Waals surface area contributed by atoms with Gasteiger partial charge in [-0.3, -0.25) is 4.98 Å². The molecule has 2 aromatic heterocycles. The highest BCUT2D eigenvalue weighted by molar-refractivity contribution is 7.80. The molecule has 0 unspecified atom stereocenters. The van der Waals surface area contributed by atoms with Gasteiger partial charge < -0.3 is 25.4 Å². The van der Waals surface area contributed by atoms with Crippen LogP contribution in [0.1, 0.15) is 18.4 Å². The van der Waals surface area contributed by atoms with Crippen LogP contribution in [0.3, 0.4) is 0 Å². The van der Waals surface area contributed by atoms with Crippen molar-refractivity contribution in [3.8, 4) is 0 Å². The fraction of sp³-hybridized carbons (Fsp3) is 0.296. The maximum Gasteiger partial charge on any atom is 0.204 e. The number of thiocarbonyl (C=S) groups is 1. The van der Waals surface area contributed by atoms with Crippen molar-refractivity contribution in [2.45, 2.75) is 25.4 Å². The predicted molar refractivity (Wildman–Crippen MR) is 147 cm³/mol. The van der Waals surface area contributed by atoms with Gasteiger partial charge in [0.2, 0.25) is 5.95 Å². The molecule has 2 aromatic carbocycles. The van der Waals surface area contributed by atoms with Gasteiger partial charge in [0.25, 0.3) is 0 Å². The van der Waals surface area contributed by atoms with Crippen molar-refractivity contribution in [2.75, 3.05) is 36.8 Å². The number of benzene rings is 2. The Morgan fingerprint density at radius 1 is 1.03 bits per heavy atom. The lowest BCUT2D eigenvalue weighted by Gasteiger charge is -2.32. The first kappa shape index (κ1) is 24.1. The number of rotatable bonds is 8. The molecular formula is C27H30FN7S. The number of nitrogens with one attached hydrogen (secondary N) is 3. The number of likely N-dealkylation sites (tertiary alicyclic amines) is 1. The van der Waals surface area contributed by atoms with E-state index < -0.39 is 0 Å². The van der Waals surface area contributed by atoms with Crippen LogP contribution < -0.4 is 16.0 Å². The van der Waals surface area contributed by atoms with Gasteiger partial charge in [0, 0.05) is 38.4 Å². The summed E-state index contributed by atoms with van der Waals surface area (Å²) in [4.78, 5) is 11.4. The predicted octanol–water partition coefficient (Wildman–Crippen LogP) is 4.48. The highest BCUT2D eigenvalue weighted by Crippen LogP contribution is 2.24. The van der Waals surface area contributed by atoms with Crippen molar-refractivity contribution in [3.05, 3.63) is 84.4 Å². The van der Waals surface area contributed by atoms with E-state index in [0.717, 1.165) is 67.3 Å². The number of halogens is 1. The second-order valence-electron chi connectivity index (χ2n) is 9.02. The molecule has 0 atom stereocenters. The van der Waals surface area contributed by atoms with Crippen molar-refractivity contribution in [2.24, 2.45) is 0 Å². The largest absolute Gasteiger partial charge is 0.361 e.